The van der Waals surface area contributed by atoms with Gasteiger partial charge in [0, 0.05) is 11.3 Å². The number of methoxy groups -OCH3 is 1. The Hall–Kier alpha value is -3.06. The Kier molecular flexibility index (Phi) is 5.15. The SMILES string of the molecule is COc1ccc(C(=O)[C@H](C(=S)Nc2ccccc2)n2cncn2)cc1. The molecular weight excluding hydrogens is 336 g/mol. The van der Waals surface area contributed by atoms with Gasteiger partial charge in [0.05, 0.1) is 7.11 Å². The molecule has 3 aromatic rings. The molecule has 0 amide bonds. The monoisotopic (exact) mass is 352 g/mol. The fraction of sp³-hybridized carbons (Fsp3) is 0.111. The molecule has 1 atom stereocenters. The first-order valence-electron chi connectivity index (χ1n) is 7.57. The van der Waals surface area contributed by atoms with Crippen LogP contribution < -0.4 is 10.1 Å². The van der Waals surface area contributed by atoms with Gasteiger partial charge in [-0.3, -0.25) is 4.79 Å². The van der Waals surface area contributed by atoms with Gasteiger partial charge in [-0.2, -0.15) is 5.10 Å². The van der Waals surface area contributed by atoms with Crippen LogP contribution in [0.2, 0.25) is 0 Å². The minimum Gasteiger partial charge on any atom is -0.497 e. The van der Waals surface area contributed by atoms with Gasteiger partial charge in [-0.15, -0.1) is 0 Å². The summed E-state index contributed by atoms with van der Waals surface area (Å²) in [6.45, 7) is 0. The molecule has 0 aliphatic heterocycles. The van der Waals surface area contributed by atoms with E-state index < -0.39 is 6.04 Å². The molecule has 1 aromatic heterocycles. The first-order valence-corrected chi connectivity index (χ1v) is 7.98. The van der Waals surface area contributed by atoms with Crippen LogP contribution in [0.1, 0.15) is 16.4 Å². The second-order valence-electron chi connectivity index (χ2n) is 5.23. The van der Waals surface area contributed by atoms with E-state index in [0.717, 1.165) is 5.69 Å². The zero-order chi connectivity index (χ0) is 17.6. The number of thiocarbonyl (C=S) groups is 1. The lowest BCUT2D eigenvalue weighted by atomic mass is 10.0. The topological polar surface area (TPSA) is 69.0 Å². The summed E-state index contributed by atoms with van der Waals surface area (Å²) in [5.41, 5.74) is 1.32. The number of rotatable bonds is 6. The van der Waals surface area contributed by atoms with E-state index in [1.807, 2.05) is 30.3 Å². The fourth-order valence-corrected chi connectivity index (χ4v) is 2.69. The number of Topliss-reactive ketones (excluding diaryl/α,β-unsaturated/α-hetero) is 1. The minimum atomic E-state index is -0.786. The number of nitrogens with zero attached hydrogens (tertiary/aromatic N) is 3. The maximum absolute atomic E-state index is 13.0. The molecule has 7 heteroatoms. The Balaban J connectivity index is 1.89. The van der Waals surface area contributed by atoms with Gasteiger partial charge in [-0.1, -0.05) is 30.4 Å². The largest absolute Gasteiger partial charge is 0.497 e. The van der Waals surface area contributed by atoms with Crippen LogP contribution in [0.5, 0.6) is 5.75 Å². The number of anilines is 1. The number of carbonyl (C=O) groups is 1. The van der Waals surface area contributed by atoms with Crippen molar-refractivity contribution in [2.45, 2.75) is 6.04 Å². The Bertz CT molecular complexity index is 849. The predicted molar refractivity (Wildman–Crippen MR) is 99.0 cm³/mol. The van der Waals surface area contributed by atoms with E-state index in [9.17, 15) is 4.79 Å². The highest BCUT2D eigenvalue weighted by Gasteiger charge is 2.27. The van der Waals surface area contributed by atoms with Crippen molar-refractivity contribution in [2.24, 2.45) is 0 Å². The fourth-order valence-electron chi connectivity index (χ4n) is 2.36. The third kappa shape index (κ3) is 3.89. The maximum Gasteiger partial charge on any atom is 0.194 e. The van der Waals surface area contributed by atoms with Crippen LogP contribution in [0.4, 0.5) is 5.69 Å². The van der Waals surface area contributed by atoms with E-state index in [0.29, 0.717) is 16.3 Å². The van der Waals surface area contributed by atoms with E-state index in [2.05, 4.69) is 15.4 Å². The third-order valence-electron chi connectivity index (χ3n) is 3.61. The quantitative estimate of drug-likeness (QED) is 0.543. The summed E-state index contributed by atoms with van der Waals surface area (Å²) in [4.78, 5) is 17.3. The molecule has 0 radical (unpaired) electrons. The zero-order valence-corrected chi connectivity index (χ0v) is 14.3. The van der Waals surface area contributed by atoms with Crippen molar-refractivity contribution in [3.8, 4) is 5.75 Å². The second kappa shape index (κ2) is 7.67. The highest BCUT2D eigenvalue weighted by molar-refractivity contribution is 7.80. The van der Waals surface area contributed by atoms with Crippen LogP contribution in [0.25, 0.3) is 0 Å². The summed E-state index contributed by atoms with van der Waals surface area (Å²) in [7, 11) is 1.58. The molecule has 0 unspecified atom stereocenters. The van der Waals surface area contributed by atoms with E-state index in [1.165, 1.54) is 17.3 Å². The standard InChI is InChI=1S/C18H16N4O2S/c1-24-15-9-7-13(8-10-15)17(23)16(22-12-19-11-20-22)18(25)21-14-5-3-2-4-6-14/h2-12,16H,1H3,(H,21,25)/t16-/m1/s1. The predicted octanol–water partition coefficient (Wildman–Crippen LogP) is 3.15. The van der Waals surface area contributed by atoms with Crippen molar-refractivity contribution in [3.05, 3.63) is 72.8 Å². The first-order chi connectivity index (χ1) is 12.2. The van der Waals surface area contributed by atoms with Gasteiger partial charge >= 0.3 is 0 Å². The van der Waals surface area contributed by atoms with Crippen LogP contribution in [0.3, 0.4) is 0 Å². The van der Waals surface area contributed by atoms with Crippen LogP contribution in [0, 0.1) is 0 Å². The van der Waals surface area contributed by atoms with Gasteiger partial charge in [0.25, 0.3) is 0 Å². The molecule has 1 heterocycles. The van der Waals surface area contributed by atoms with E-state index in [-0.39, 0.29) is 5.78 Å². The smallest absolute Gasteiger partial charge is 0.194 e. The number of hydrogen-bond donors (Lipinski definition) is 1. The molecule has 25 heavy (non-hydrogen) atoms. The normalized spacial score (nSPS) is 11.6. The summed E-state index contributed by atoms with van der Waals surface area (Å²) in [6, 6.07) is 15.5. The lowest BCUT2D eigenvalue weighted by molar-refractivity contribution is 0.0953. The van der Waals surface area contributed by atoms with Crippen molar-refractivity contribution >= 4 is 28.7 Å². The van der Waals surface area contributed by atoms with Gasteiger partial charge in [0.2, 0.25) is 0 Å². The van der Waals surface area contributed by atoms with Gasteiger partial charge in [-0.25, -0.2) is 9.67 Å². The summed E-state index contributed by atoms with van der Waals surface area (Å²) in [5, 5.41) is 7.19. The zero-order valence-electron chi connectivity index (χ0n) is 13.5. The molecular formula is C18H16N4O2S. The molecule has 2 aromatic carbocycles. The highest BCUT2D eigenvalue weighted by atomic mass is 32.1. The Morgan fingerprint density at radius 3 is 2.48 bits per heavy atom. The van der Waals surface area contributed by atoms with Gasteiger partial charge < -0.3 is 10.1 Å². The van der Waals surface area contributed by atoms with E-state index in [1.54, 1.807) is 31.4 Å². The molecule has 6 nitrogen and oxygen atoms in total. The third-order valence-corrected chi connectivity index (χ3v) is 3.94. The summed E-state index contributed by atoms with van der Waals surface area (Å²) in [5.74, 6) is 0.500. The lowest BCUT2D eigenvalue weighted by Crippen LogP contribution is -2.31. The molecule has 0 aliphatic carbocycles. The molecule has 0 saturated heterocycles. The van der Waals surface area contributed by atoms with Crippen LogP contribution in [-0.4, -0.2) is 32.6 Å². The Labute approximate surface area is 150 Å². The summed E-state index contributed by atoms with van der Waals surface area (Å²) >= 11 is 5.49. The molecule has 0 spiro atoms. The minimum absolute atomic E-state index is 0.179. The number of ether oxygens (including phenoxy) is 1. The molecule has 0 saturated carbocycles. The Morgan fingerprint density at radius 2 is 1.88 bits per heavy atom. The van der Waals surface area contributed by atoms with Gasteiger partial charge in [-0.05, 0) is 36.4 Å². The number of nitrogens with one attached hydrogen (secondary N) is 1. The van der Waals surface area contributed by atoms with Crippen molar-refractivity contribution in [1.29, 1.82) is 0 Å². The number of para-hydroxylation sites is 1. The number of benzene rings is 2. The van der Waals surface area contributed by atoms with Crippen LogP contribution in [0.15, 0.2) is 67.3 Å². The summed E-state index contributed by atoms with van der Waals surface area (Å²) in [6.07, 6.45) is 2.85. The molecule has 1 N–H and O–H groups in total. The molecule has 0 aliphatic rings. The van der Waals surface area contributed by atoms with Crippen molar-refractivity contribution in [2.75, 3.05) is 12.4 Å². The molecule has 3 rings (SSSR count). The maximum atomic E-state index is 13.0. The highest BCUT2D eigenvalue weighted by Crippen LogP contribution is 2.20. The lowest BCUT2D eigenvalue weighted by Gasteiger charge is -2.18. The van der Waals surface area contributed by atoms with E-state index >= 15 is 0 Å². The summed E-state index contributed by atoms with van der Waals surface area (Å²) < 4.78 is 6.58. The number of hydrogen-bond acceptors (Lipinski definition) is 5. The Morgan fingerprint density at radius 1 is 1.16 bits per heavy atom. The van der Waals surface area contributed by atoms with Crippen LogP contribution >= 0.6 is 12.2 Å². The first kappa shape index (κ1) is 16.8. The van der Waals surface area contributed by atoms with Crippen LogP contribution in [-0.2, 0) is 0 Å². The average molecular weight is 352 g/mol. The average Bonchev–Trinajstić information content (AvgIpc) is 3.17. The van der Waals surface area contributed by atoms with Crippen molar-refractivity contribution in [3.63, 3.8) is 0 Å². The number of ketones is 1. The van der Waals surface area contributed by atoms with E-state index in [4.69, 9.17) is 17.0 Å². The van der Waals surface area contributed by atoms with Gasteiger partial charge in [0.15, 0.2) is 11.8 Å². The molecule has 0 bridgehead atoms. The van der Waals surface area contributed by atoms with Crippen molar-refractivity contribution < 1.29 is 9.53 Å². The van der Waals surface area contributed by atoms with Gasteiger partial charge in [0.1, 0.15) is 23.4 Å². The second-order valence-corrected chi connectivity index (χ2v) is 5.67. The van der Waals surface area contributed by atoms with Crippen molar-refractivity contribution in [1.82, 2.24) is 14.8 Å². The number of carbonyl (C=O) groups excluding carboxylic acids is 1. The molecule has 0 fully saturated rings. The number of aromatic nitrogens is 3. The molecule has 126 valence electrons.